The van der Waals surface area contributed by atoms with Crippen LogP contribution in [0.25, 0.3) is 0 Å². The Morgan fingerprint density at radius 2 is 1.81 bits per heavy atom. The van der Waals surface area contributed by atoms with Crippen LogP contribution < -0.4 is 0 Å². The van der Waals surface area contributed by atoms with Crippen LogP contribution in [0.1, 0.15) is 18.4 Å². The summed E-state index contributed by atoms with van der Waals surface area (Å²) in [6, 6.07) is 8.39. The summed E-state index contributed by atoms with van der Waals surface area (Å²) in [6.45, 7) is 0.602. The van der Waals surface area contributed by atoms with Crippen LogP contribution in [-0.4, -0.2) is 31.8 Å². The number of carbonyl (C=O) groups is 1. The van der Waals surface area contributed by atoms with Crippen LogP contribution in [0.15, 0.2) is 39.9 Å². The van der Waals surface area contributed by atoms with Crippen LogP contribution in [0.5, 0.6) is 0 Å². The highest BCUT2D eigenvalue weighted by molar-refractivity contribution is 7.91. The van der Waals surface area contributed by atoms with E-state index in [9.17, 15) is 13.2 Å². The molecule has 1 aromatic carbocycles. The number of benzene rings is 1. The van der Waals surface area contributed by atoms with Crippen molar-refractivity contribution < 1.29 is 17.9 Å². The van der Waals surface area contributed by atoms with Crippen molar-refractivity contribution in [1.82, 2.24) is 4.31 Å². The Morgan fingerprint density at radius 3 is 2.38 bits per heavy atom. The van der Waals surface area contributed by atoms with Gasteiger partial charge in [0, 0.05) is 28.7 Å². The van der Waals surface area contributed by atoms with E-state index in [1.807, 2.05) is 0 Å². The van der Waals surface area contributed by atoms with E-state index in [0.717, 1.165) is 0 Å². The largest absolute Gasteiger partial charge is 0.460 e. The molecule has 0 amide bonds. The summed E-state index contributed by atoms with van der Waals surface area (Å²) in [5.41, 5.74) is 0.571. The van der Waals surface area contributed by atoms with Crippen molar-refractivity contribution in [3.63, 3.8) is 0 Å². The molecule has 1 aromatic heterocycles. The van der Waals surface area contributed by atoms with Crippen molar-refractivity contribution >= 4 is 50.5 Å². The zero-order valence-electron chi connectivity index (χ0n) is 13.7. The van der Waals surface area contributed by atoms with Crippen molar-refractivity contribution in [3.8, 4) is 0 Å². The van der Waals surface area contributed by atoms with Gasteiger partial charge in [0.05, 0.1) is 5.92 Å². The molecule has 0 spiro atoms. The molecule has 1 saturated heterocycles. The summed E-state index contributed by atoms with van der Waals surface area (Å²) in [6.07, 6.45) is 0.861. The van der Waals surface area contributed by atoms with Gasteiger partial charge in [-0.3, -0.25) is 4.79 Å². The van der Waals surface area contributed by atoms with Crippen LogP contribution in [0.3, 0.4) is 0 Å². The van der Waals surface area contributed by atoms with E-state index < -0.39 is 10.0 Å². The minimum absolute atomic E-state index is 0.00501. The van der Waals surface area contributed by atoms with Gasteiger partial charge < -0.3 is 4.74 Å². The summed E-state index contributed by atoms with van der Waals surface area (Å²) in [7, 11) is -3.47. The van der Waals surface area contributed by atoms with Gasteiger partial charge in [-0.1, -0.05) is 35.3 Å². The second-order valence-electron chi connectivity index (χ2n) is 5.92. The second kappa shape index (κ2) is 8.27. The highest BCUT2D eigenvalue weighted by Crippen LogP contribution is 2.28. The number of halogens is 2. The molecule has 2 aromatic rings. The maximum absolute atomic E-state index is 12.5. The first-order valence-corrected chi connectivity index (χ1v) is 11.1. The van der Waals surface area contributed by atoms with Gasteiger partial charge in [0.2, 0.25) is 0 Å². The number of thiophene rings is 1. The molecule has 0 radical (unpaired) electrons. The van der Waals surface area contributed by atoms with Crippen molar-refractivity contribution in [2.45, 2.75) is 23.7 Å². The van der Waals surface area contributed by atoms with Crippen LogP contribution in [-0.2, 0) is 26.2 Å². The van der Waals surface area contributed by atoms with Gasteiger partial charge >= 0.3 is 5.97 Å². The minimum Gasteiger partial charge on any atom is -0.460 e. The molecule has 1 aliphatic rings. The van der Waals surface area contributed by atoms with Gasteiger partial charge in [-0.25, -0.2) is 8.42 Å². The molecule has 5 nitrogen and oxygen atoms in total. The molecule has 1 fully saturated rings. The van der Waals surface area contributed by atoms with Crippen LogP contribution in [0, 0.1) is 5.92 Å². The van der Waals surface area contributed by atoms with Crippen LogP contribution in [0.2, 0.25) is 10.0 Å². The van der Waals surface area contributed by atoms with Gasteiger partial charge in [0.15, 0.2) is 0 Å². The first kappa shape index (κ1) is 19.6. The molecular formula is C17H17Cl2NO4S2. The number of esters is 1. The predicted octanol–water partition coefficient (Wildman–Crippen LogP) is 4.20. The zero-order valence-corrected chi connectivity index (χ0v) is 16.9. The van der Waals surface area contributed by atoms with Gasteiger partial charge in [-0.15, -0.1) is 11.3 Å². The monoisotopic (exact) mass is 433 g/mol. The van der Waals surface area contributed by atoms with Crippen LogP contribution in [0.4, 0.5) is 0 Å². The number of rotatable bonds is 5. The Hall–Kier alpha value is -1.12. The van der Waals surface area contributed by atoms with Crippen molar-refractivity contribution in [3.05, 3.63) is 51.3 Å². The smallest absolute Gasteiger partial charge is 0.309 e. The third-order valence-corrected chi connectivity index (χ3v) is 8.28. The third kappa shape index (κ3) is 4.23. The summed E-state index contributed by atoms with van der Waals surface area (Å²) in [5, 5.41) is 2.63. The molecule has 0 aliphatic carbocycles. The first-order chi connectivity index (χ1) is 12.4. The van der Waals surface area contributed by atoms with Gasteiger partial charge in [-0.05, 0) is 36.4 Å². The molecule has 0 N–H and O–H groups in total. The zero-order chi connectivity index (χ0) is 18.7. The molecular weight excluding hydrogens is 417 g/mol. The molecule has 9 heteroatoms. The van der Waals surface area contributed by atoms with Crippen LogP contribution >= 0.6 is 34.5 Å². The van der Waals surface area contributed by atoms with E-state index in [0.29, 0.717) is 45.7 Å². The van der Waals surface area contributed by atoms with Gasteiger partial charge in [-0.2, -0.15) is 4.31 Å². The first-order valence-electron chi connectivity index (χ1n) is 8.03. The molecule has 0 atom stereocenters. The van der Waals surface area contributed by atoms with Crippen molar-refractivity contribution in [2.24, 2.45) is 5.92 Å². The van der Waals surface area contributed by atoms with Gasteiger partial charge in [0.25, 0.3) is 10.0 Å². The summed E-state index contributed by atoms with van der Waals surface area (Å²) >= 11 is 13.3. The molecule has 0 unspecified atom stereocenters. The minimum atomic E-state index is -3.47. The highest BCUT2D eigenvalue weighted by Gasteiger charge is 2.33. The SMILES string of the molecule is O=C(OCc1c(Cl)cccc1Cl)C1CCN(S(=O)(=O)c2cccs2)CC1. The quantitative estimate of drug-likeness (QED) is 0.662. The number of nitrogens with zero attached hydrogens (tertiary/aromatic N) is 1. The number of hydrogen-bond acceptors (Lipinski definition) is 5. The van der Waals surface area contributed by atoms with E-state index in [-0.39, 0.29) is 18.5 Å². The summed E-state index contributed by atoms with van der Waals surface area (Å²) < 4.78 is 32.1. The van der Waals surface area contributed by atoms with Gasteiger partial charge in [0.1, 0.15) is 10.8 Å². The number of ether oxygens (including phenoxy) is 1. The molecule has 2 heterocycles. The second-order valence-corrected chi connectivity index (χ2v) is 9.85. The molecule has 1 aliphatic heterocycles. The average Bonchev–Trinajstić information content (AvgIpc) is 3.17. The highest BCUT2D eigenvalue weighted by atomic mass is 35.5. The lowest BCUT2D eigenvalue weighted by Gasteiger charge is -2.29. The lowest BCUT2D eigenvalue weighted by molar-refractivity contribution is -0.151. The average molecular weight is 434 g/mol. The third-order valence-electron chi connectivity index (χ3n) is 4.30. The lowest BCUT2D eigenvalue weighted by Crippen LogP contribution is -2.40. The number of sulfonamides is 1. The summed E-state index contributed by atoms with van der Waals surface area (Å²) in [5.74, 6) is -0.680. The lowest BCUT2D eigenvalue weighted by atomic mass is 9.98. The van der Waals surface area contributed by atoms with E-state index >= 15 is 0 Å². The van der Waals surface area contributed by atoms with E-state index in [1.165, 1.54) is 15.6 Å². The fourth-order valence-corrected chi connectivity index (χ4v) is 5.92. The number of piperidine rings is 1. The van der Waals surface area contributed by atoms with Crippen molar-refractivity contribution in [1.29, 1.82) is 0 Å². The normalized spacial score (nSPS) is 16.5. The summed E-state index contributed by atoms with van der Waals surface area (Å²) in [4.78, 5) is 12.3. The molecule has 26 heavy (non-hydrogen) atoms. The number of carbonyl (C=O) groups excluding carboxylic acids is 1. The Bertz CT molecular complexity index is 856. The standard InChI is InChI=1S/C17H17Cl2NO4S2/c18-14-3-1-4-15(19)13(14)11-24-17(21)12-6-8-20(9-7-12)26(22,23)16-5-2-10-25-16/h1-5,10,12H,6-9,11H2. The Morgan fingerprint density at radius 1 is 1.15 bits per heavy atom. The number of hydrogen-bond donors (Lipinski definition) is 0. The maximum atomic E-state index is 12.5. The maximum Gasteiger partial charge on any atom is 0.309 e. The van der Waals surface area contributed by atoms with E-state index in [2.05, 4.69) is 0 Å². The Labute approximate surface area is 166 Å². The topological polar surface area (TPSA) is 63.7 Å². The van der Waals surface area contributed by atoms with E-state index in [4.69, 9.17) is 27.9 Å². The molecule has 0 saturated carbocycles. The molecule has 140 valence electrons. The predicted molar refractivity (Wildman–Crippen MR) is 102 cm³/mol. The van der Waals surface area contributed by atoms with E-state index in [1.54, 1.807) is 35.7 Å². The fraction of sp³-hybridized carbons (Fsp3) is 0.353. The molecule has 0 bridgehead atoms. The molecule has 3 rings (SSSR count). The Kier molecular flexibility index (Phi) is 6.25. The Balaban J connectivity index is 1.56. The fourth-order valence-electron chi connectivity index (χ4n) is 2.80. The van der Waals surface area contributed by atoms with Crippen molar-refractivity contribution in [2.75, 3.05) is 13.1 Å².